The molecule has 0 aromatic heterocycles. The van der Waals surface area contributed by atoms with Crippen LogP contribution in [0.3, 0.4) is 0 Å². The maximum Gasteiger partial charge on any atom is 0.264 e. The van der Waals surface area contributed by atoms with Crippen molar-refractivity contribution in [2.75, 3.05) is 17.4 Å². The molecule has 0 bridgehead atoms. The van der Waals surface area contributed by atoms with Crippen molar-refractivity contribution in [3.63, 3.8) is 0 Å². The normalized spacial score (nSPS) is 12.0. The zero-order chi connectivity index (χ0) is 27.2. The summed E-state index contributed by atoms with van der Waals surface area (Å²) in [5.41, 5.74) is 4.06. The van der Waals surface area contributed by atoms with Crippen LogP contribution in [0.15, 0.2) is 77.7 Å². The van der Waals surface area contributed by atoms with E-state index in [0.717, 1.165) is 26.6 Å². The molecule has 0 aliphatic carbocycles. The van der Waals surface area contributed by atoms with Crippen LogP contribution in [0, 0.1) is 20.8 Å². The first-order valence-electron chi connectivity index (χ1n) is 12.3. The third kappa shape index (κ3) is 6.77. The molecule has 0 saturated heterocycles. The molecule has 0 radical (unpaired) electrons. The largest absolute Gasteiger partial charge is 0.355 e. The van der Waals surface area contributed by atoms with Gasteiger partial charge < -0.3 is 10.2 Å². The molecule has 0 aliphatic heterocycles. The predicted octanol–water partition coefficient (Wildman–Crippen LogP) is 4.36. The predicted molar refractivity (Wildman–Crippen MR) is 147 cm³/mol. The standard InChI is InChI=1S/C29H35N3O4S/c1-6-30-29(34)24(5)31(19-25-15-12-21(2)13-16-25)28(33)20-32(27-17-14-22(3)18-23(27)4)37(35,36)26-10-8-7-9-11-26/h7-18,24H,6,19-20H2,1-5H3,(H,30,34)/t24-/m0/s1. The van der Waals surface area contributed by atoms with Crippen molar-refractivity contribution in [1.82, 2.24) is 10.2 Å². The van der Waals surface area contributed by atoms with Gasteiger partial charge in [0.05, 0.1) is 10.6 Å². The van der Waals surface area contributed by atoms with E-state index >= 15 is 0 Å². The van der Waals surface area contributed by atoms with Crippen molar-refractivity contribution < 1.29 is 18.0 Å². The van der Waals surface area contributed by atoms with Gasteiger partial charge in [-0.25, -0.2) is 8.42 Å². The molecule has 37 heavy (non-hydrogen) atoms. The fourth-order valence-corrected chi connectivity index (χ4v) is 5.61. The van der Waals surface area contributed by atoms with Crippen LogP contribution in [0.1, 0.15) is 36.1 Å². The van der Waals surface area contributed by atoms with Crippen molar-refractivity contribution in [2.24, 2.45) is 0 Å². The smallest absolute Gasteiger partial charge is 0.264 e. The first-order valence-corrected chi connectivity index (χ1v) is 13.8. The third-order valence-corrected chi connectivity index (χ3v) is 8.00. The highest BCUT2D eigenvalue weighted by Gasteiger charge is 2.33. The Kier molecular flexibility index (Phi) is 9.10. The van der Waals surface area contributed by atoms with Crippen LogP contribution in [-0.4, -0.2) is 44.3 Å². The van der Waals surface area contributed by atoms with Crippen LogP contribution in [-0.2, 0) is 26.2 Å². The van der Waals surface area contributed by atoms with Gasteiger partial charge in [0, 0.05) is 13.1 Å². The van der Waals surface area contributed by atoms with Crippen LogP contribution in [0.4, 0.5) is 5.69 Å². The van der Waals surface area contributed by atoms with E-state index in [9.17, 15) is 18.0 Å². The Morgan fingerprint density at radius 1 is 0.892 bits per heavy atom. The number of anilines is 1. The maximum atomic E-state index is 13.8. The highest BCUT2D eigenvalue weighted by molar-refractivity contribution is 7.92. The van der Waals surface area contributed by atoms with E-state index in [4.69, 9.17) is 0 Å². The summed E-state index contributed by atoms with van der Waals surface area (Å²) in [5.74, 6) is -0.772. The number of hydrogen-bond acceptors (Lipinski definition) is 4. The Morgan fingerprint density at radius 2 is 1.51 bits per heavy atom. The second-order valence-corrected chi connectivity index (χ2v) is 11.1. The molecule has 0 saturated carbocycles. The number of amides is 2. The molecule has 0 spiro atoms. The SMILES string of the molecule is CCNC(=O)[C@H](C)N(Cc1ccc(C)cc1)C(=O)CN(c1ccc(C)cc1C)S(=O)(=O)c1ccccc1. The summed E-state index contributed by atoms with van der Waals surface area (Å²) in [5, 5.41) is 2.77. The second-order valence-electron chi connectivity index (χ2n) is 9.19. The van der Waals surface area contributed by atoms with Gasteiger partial charge in [0.15, 0.2) is 0 Å². The minimum absolute atomic E-state index is 0.0876. The number of hydrogen-bond donors (Lipinski definition) is 1. The summed E-state index contributed by atoms with van der Waals surface area (Å²) in [7, 11) is -4.07. The number of carbonyl (C=O) groups is 2. The topological polar surface area (TPSA) is 86.8 Å². The van der Waals surface area contributed by atoms with Gasteiger partial charge in [-0.2, -0.15) is 0 Å². The molecule has 0 unspecified atom stereocenters. The maximum absolute atomic E-state index is 13.8. The van der Waals surface area contributed by atoms with Crippen LogP contribution in [0.5, 0.6) is 0 Å². The Labute approximate surface area is 220 Å². The third-order valence-electron chi connectivity index (χ3n) is 6.22. The van der Waals surface area contributed by atoms with Gasteiger partial charge in [-0.05, 0) is 63.9 Å². The first-order chi connectivity index (χ1) is 17.5. The van der Waals surface area contributed by atoms with E-state index in [-0.39, 0.29) is 17.3 Å². The fraction of sp³-hybridized carbons (Fsp3) is 0.310. The van der Waals surface area contributed by atoms with Crippen LogP contribution >= 0.6 is 0 Å². The average Bonchev–Trinajstić information content (AvgIpc) is 2.87. The average molecular weight is 522 g/mol. The van der Waals surface area contributed by atoms with Crippen LogP contribution < -0.4 is 9.62 Å². The Hall–Kier alpha value is -3.65. The van der Waals surface area contributed by atoms with Gasteiger partial charge in [0.25, 0.3) is 10.0 Å². The first kappa shape index (κ1) is 27.9. The highest BCUT2D eigenvalue weighted by atomic mass is 32.2. The summed E-state index contributed by atoms with van der Waals surface area (Å²) in [6.07, 6.45) is 0. The molecular formula is C29H35N3O4S. The molecule has 0 fully saturated rings. The minimum atomic E-state index is -4.07. The summed E-state index contributed by atoms with van der Waals surface area (Å²) in [6, 6.07) is 20.4. The molecule has 0 heterocycles. The Morgan fingerprint density at radius 3 is 2.11 bits per heavy atom. The van der Waals surface area contributed by atoms with Gasteiger partial charge in [-0.1, -0.05) is 65.7 Å². The molecule has 0 aliphatic rings. The fourth-order valence-electron chi connectivity index (χ4n) is 4.11. The summed E-state index contributed by atoms with van der Waals surface area (Å²) < 4.78 is 28.8. The van der Waals surface area contributed by atoms with E-state index in [1.165, 1.54) is 17.0 Å². The molecule has 3 rings (SSSR count). The molecule has 1 N–H and O–H groups in total. The number of sulfonamides is 1. The van der Waals surface area contributed by atoms with Crippen molar-refractivity contribution in [3.05, 3.63) is 95.1 Å². The van der Waals surface area contributed by atoms with Gasteiger partial charge in [-0.3, -0.25) is 13.9 Å². The van der Waals surface area contributed by atoms with Crippen LogP contribution in [0.2, 0.25) is 0 Å². The molecule has 3 aromatic rings. The van der Waals surface area contributed by atoms with Gasteiger partial charge in [-0.15, -0.1) is 0 Å². The lowest BCUT2D eigenvalue weighted by atomic mass is 10.1. The Bertz CT molecular complexity index is 1340. The number of aryl methyl sites for hydroxylation is 3. The number of likely N-dealkylation sites (N-methyl/N-ethyl adjacent to an activating group) is 1. The van der Waals surface area contributed by atoms with Gasteiger partial charge in [0.2, 0.25) is 11.8 Å². The zero-order valence-corrected chi connectivity index (χ0v) is 22.9. The van der Waals surface area contributed by atoms with Gasteiger partial charge >= 0.3 is 0 Å². The van der Waals surface area contributed by atoms with Crippen LogP contribution in [0.25, 0.3) is 0 Å². The summed E-state index contributed by atoms with van der Waals surface area (Å²) in [4.78, 5) is 28.1. The number of carbonyl (C=O) groups excluding carboxylic acids is 2. The van der Waals surface area contributed by atoms with E-state index < -0.39 is 28.5 Å². The molecule has 1 atom stereocenters. The lowest BCUT2D eigenvalue weighted by molar-refractivity contribution is -0.139. The lowest BCUT2D eigenvalue weighted by Crippen LogP contribution is -2.51. The monoisotopic (exact) mass is 521 g/mol. The summed E-state index contributed by atoms with van der Waals surface area (Å²) >= 11 is 0. The van der Waals surface area contributed by atoms with E-state index in [1.807, 2.05) is 64.1 Å². The Balaban J connectivity index is 2.04. The number of benzene rings is 3. The van der Waals surface area contributed by atoms with E-state index in [1.54, 1.807) is 31.2 Å². The highest BCUT2D eigenvalue weighted by Crippen LogP contribution is 2.28. The molecule has 3 aromatic carbocycles. The lowest BCUT2D eigenvalue weighted by Gasteiger charge is -2.32. The van der Waals surface area contributed by atoms with Crippen molar-refractivity contribution in [2.45, 2.75) is 52.1 Å². The number of rotatable bonds is 10. The van der Waals surface area contributed by atoms with Crippen molar-refractivity contribution >= 4 is 27.5 Å². The van der Waals surface area contributed by atoms with Crippen molar-refractivity contribution in [3.8, 4) is 0 Å². The molecule has 2 amide bonds. The van der Waals surface area contributed by atoms with E-state index in [2.05, 4.69) is 5.32 Å². The second kappa shape index (κ2) is 12.1. The molecule has 8 heteroatoms. The zero-order valence-electron chi connectivity index (χ0n) is 22.1. The quantitative estimate of drug-likeness (QED) is 0.430. The van der Waals surface area contributed by atoms with Crippen molar-refractivity contribution in [1.29, 1.82) is 0 Å². The molecule has 7 nitrogen and oxygen atoms in total. The molecule has 196 valence electrons. The number of nitrogens with zero attached hydrogens (tertiary/aromatic N) is 2. The number of nitrogens with one attached hydrogen (secondary N) is 1. The van der Waals surface area contributed by atoms with E-state index in [0.29, 0.717) is 12.2 Å². The van der Waals surface area contributed by atoms with Gasteiger partial charge in [0.1, 0.15) is 12.6 Å². The molecular weight excluding hydrogens is 486 g/mol. The summed E-state index contributed by atoms with van der Waals surface area (Å²) in [6.45, 7) is 9.33. The minimum Gasteiger partial charge on any atom is -0.355 e.